The summed E-state index contributed by atoms with van der Waals surface area (Å²) in [4.78, 5) is 0. The maximum atomic E-state index is 5.75. The van der Waals surface area contributed by atoms with Gasteiger partial charge in [-0.25, -0.2) is 0 Å². The minimum Gasteiger partial charge on any atom is -0.385 e. The van der Waals surface area contributed by atoms with Crippen LogP contribution in [-0.4, -0.2) is 32.5 Å². The average Bonchev–Trinajstić information content (AvgIpc) is 2.28. The quantitative estimate of drug-likeness (QED) is 0.444. The van der Waals surface area contributed by atoms with E-state index in [0.717, 1.165) is 32.5 Å². The highest BCUT2D eigenvalue weighted by atomic mass is 16.5. The summed E-state index contributed by atoms with van der Waals surface area (Å²) in [6, 6.07) is 0.204. The topological polar surface area (TPSA) is 56.5 Å². The summed E-state index contributed by atoms with van der Waals surface area (Å²) >= 11 is 0. The molecule has 0 aliphatic heterocycles. The summed E-state index contributed by atoms with van der Waals surface area (Å²) in [5.74, 6) is 6.09. The molecule has 0 aliphatic rings. The molecule has 0 fully saturated rings. The lowest BCUT2D eigenvalue weighted by molar-refractivity contribution is 0.00944. The molecule has 0 aromatic rings. The van der Waals surface area contributed by atoms with Gasteiger partial charge >= 0.3 is 0 Å². The fraction of sp³-hybridized carbons (Fsp3) is 1.00. The smallest absolute Gasteiger partial charge is 0.0743 e. The zero-order chi connectivity index (χ0) is 12.4. The lowest BCUT2D eigenvalue weighted by Gasteiger charge is -2.31. The Kier molecular flexibility index (Phi) is 9.92. The van der Waals surface area contributed by atoms with E-state index >= 15 is 0 Å². The Hall–Kier alpha value is -0.160. The van der Waals surface area contributed by atoms with Crippen LogP contribution in [0.25, 0.3) is 0 Å². The van der Waals surface area contributed by atoms with E-state index < -0.39 is 0 Å². The standard InChI is InChI=1S/C12H28N2O2/c1-5-7-11(16-6-2)12(14-13)10(3)8-9-15-4/h10-12,14H,5-9,13H2,1-4H3. The molecule has 16 heavy (non-hydrogen) atoms. The number of rotatable bonds is 10. The Bertz CT molecular complexity index is 150. The van der Waals surface area contributed by atoms with Gasteiger partial charge < -0.3 is 9.47 Å². The summed E-state index contributed by atoms with van der Waals surface area (Å²) in [6.45, 7) is 7.88. The molecule has 0 radical (unpaired) electrons. The Morgan fingerprint density at radius 3 is 2.38 bits per heavy atom. The molecule has 3 atom stereocenters. The van der Waals surface area contributed by atoms with Crippen LogP contribution < -0.4 is 11.3 Å². The van der Waals surface area contributed by atoms with Crippen molar-refractivity contribution in [1.29, 1.82) is 0 Å². The Morgan fingerprint density at radius 2 is 1.94 bits per heavy atom. The van der Waals surface area contributed by atoms with Crippen LogP contribution in [0, 0.1) is 5.92 Å². The van der Waals surface area contributed by atoms with Gasteiger partial charge in [-0.2, -0.15) is 0 Å². The second kappa shape index (κ2) is 10.0. The van der Waals surface area contributed by atoms with E-state index in [4.69, 9.17) is 15.3 Å². The third-order valence-corrected chi connectivity index (χ3v) is 2.94. The zero-order valence-electron chi connectivity index (χ0n) is 11.2. The molecule has 3 N–H and O–H groups in total. The van der Waals surface area contributed by atoms with Gasteiger partial charge in [-0.3, -0.25) is 11.3 Å². The normalized spacial score (nSPS) is 17.1. The number of hydrazine groups is 1. The predicted molar refractivity (Wildman–Crippen MR) is 67.1 cm³/mol. The molecule has 0 bridgehead atoms. The first kappa shape index (κ1) is 15.8. The Morgan fingerprint density at radius 1 is 1.25 bits per heavy atom. The first-order chi connectivity index (χ1) is 7.71. The monoisotopic (exact) mass is 232 g/mol. The SMILES string of the molecule is CCCC(OCC)C(NN)C(C)CCOC. The maximum absolute atomic E-state index is 5.75. The van der Waals surface area contributed by atoms with Gasteiger partial charge in [-0.05, 0) is 25.7 Å². The van der Waals surface area contributed by atoms with E-state index in [2.05, 4.69) is 19.3 Å². The largest absolute Gasteiger partial charge is 0.385 e. The van der Waals surface area contributed by atoms with Gasteiger partial charge in [0.05, 0.1) is 6.10 Å². The van der Waals surface area contributed by atoms with E-state index in [1.165, 1.54) is 0 Å². The van der Waals surface area contributed by atoms with Crippen molar-refractivity contribution >= 4 is 0 Å². The van der Waals surface area contributed by atoms with Gasteiger partial charge in [0.1, 0.15) is 0 Å². The highest BCUT2D eigenvalue weighted by molar-refractivity contribution is 4.80. The van der Waals surface area contributed by atoms with E-state index in [0.29, 0.717) is 5.92 Å². The van der Waals surface area contributed by atoms with E-state index in [1.807, 2.05) is 6.92 Å². The van der Waals surface area contributed by atoms with Crippen molar-refractivity contribution in [2.24, 2.45) is 11.8 Å². The zero-order valence-corrected chi connectivity index (χ0v) is 11.2. The lowest BCUT2D eigenvalue weighted by Crippen LogP contribution is -2.49. The molecule has 0 spiro atoms. The van der Waals surface area contributed by atoms with Crippen molar-refractivity contribution in [2.75, 3.05) is 20.3 Å². The molecule has 0 rings (SSSR count). The van der Waals surface area contributed by atoms with Gasteiger partial charge in [-0.15, -0.1) is 0 Å². The molecule has 4 nitrogen and oxygen atoms in total. The van der Waals surface area contributed by atoms with Crippen LogP contribution in [-0.2, 0) is 9.47 Å². The molecule has 98 valence electrons. The first-order valence-electron chi connectivity index (χ1n) is 6.27. The van der Waals surface area contributed by atoms with Crippen LogP contribution >= 0.6 is 0 Å². The minimum absolute atomic E-state index is 0.201. The number of ether oxygens (including phenoxy) is 2. The number of hydrogen-bond donors (Lipinski definition) is 2. The molecule has 4 heteroatoms. The van der Waals surface area contributed by atoms with E-state index in [-0.39, 0.29) is 12.1 Å². The Labute approximate surface area is 99.8 Å². The number of hydrogen-bond acceptors (Lipinski definition) is 4. The summed E-state index contributed by atoms with van der Waals surface area (Å²) in [5.41, 5.74) is 2.90. The summed E-state index contributed by atoms with van der Waals surface area (Å²) in [7, 11) is 1.73. The fourth-order valence-electron chi connectivity index (χ4n) is 1.99. The van der Waals surface area contributed by atoms with Crippen molar-refractivity contribution in [3.05, 3.63) is 0 Å². The van der Waals surface area contributed by atoms with Crippen molar-refractivity contribution in [2.45, 2.75) is 52.2 Å². The first-order valence-corrected chi connectivity index (χ1v) is 6.27. The Balaban J connectivity index is 4.26. The van der Waals surface area contributed by atoms with Gasteiger partial charge in [-0.1, -0.05) is 20.3 Å². The van der Waals surface area contributed by atoms with Crippen LogP contribution in [0.4, 0.5) is 0 Å². The molecule has 0 heterocycles. The molecule has 0 aliphatic carbocycles. The lowest BCUT2D eigenvalue weighted by atomic mass is 9.92. The molecule has 0 aromatic heterocycles. The fourth-order valence-corrected chi connectivity index (χ4v) is 1.99. The molecular formula is C12H28N2O2. The molecule has 0 saturated carbocycles. The number of nitrogens with two attached hydrogens (primary N) is 1. The van der Waals surface area contributed by atoms with Gasteiger partial charge in [0.15, 0.2) is 0 Å². The third kappa shape index (κ3) is 5.80. The highest BCUT2D eigenvalue weighted by Crippen LogP contribution is 2.17. The van der Waals surface area contributed by atoms with E-state index in [1.54, 1.807) is 7.11 Å². The summed E-state index contributed by atoms with van der Waals surface area (Å²) < 4.78 is 10.9. The predicted octanol–water partition coefficient (Wildman–Crippen LogP) is 1.70. The van der Waals surface area contributed by atoms with Crippen molar-refractivity contribution in [1.82, 2.24) is 5.43 Å². The summed E-state index contributed by atoms with van der Waals surface area (Å²) in [5, 5.41) is 0. The van der Waals surface area contributed by atoms with Gasteiger partial charge in [0, 0.05) is 26.4 Å². The van der Waals surface area contributed by atoms with Crippen LogP contribution in [0.1, 0.15) is 40.0 Å². The number of methoxy groups -OCH3 is 1. The van der Waals surface area contributed by atoms with Crippen LogP contribution in [0.3, 0.4) is 0 Å². The maximum Gasteiger partial charge on any atom is 0.0743 e. The molecule has 0 amide bonds. The number of nitrogens with one attached hydrogen (secondary N) is 1. The molecule has 0 aromatic carbocycles. The van der Waals surface area contributed by atoms with Crippen LogP contribution in [0.15, 0.2) is 0 Å². The highest BCUT2D eigenvalue weighted by Gasteiger charge is 2.25. The van der Waals surface area contributed by atoms with Gasteiger partial charge in [0.2, 0.25) is 0 Å². The molecule has 3 unspecified atom stereocenters. The van der Waals surface area contributed by atoms with Crippen LogP contribution in [0.5, 0.6) is 0 Å². The summed E-state index contributed by atoms with van der Waals surface area (Å²) in [6.07, 6.45) is 3.35. The second-order valence-electron chi connectivity index (χ2n) is 4.23. The van der Waals surface area contributed by atoms with E-state index in [9.17, 15) is 0 Å². The van der Waals surface area contributed by atoms with Crippen molar-refractivity contribution in [3.8, 4) is 0 Å². The van der Waals surface area contributed by atoms with Crippen LogP contribution in [0.2, 0.25) is 0 Å². The van der Waals surface area contributed by atoms with Crippen molar-refractivity contribution in [3.63, 3.8) is 0 Å². The van der Waals surface area contributed by atoms with Crippen molar-refractivity contribution < 1.29 is 9.47 Å². The minimum atomic E-state index is 0.201. The third-order valence-electron chi connectivity index (χ3n) is 2.94. The molecule has 0 saturated heterocycles. The molecular weight excluding hydrogens is 204 g/mol. The second-order valence-corrected chi connectivity index (χ2v) is 4.23. The van der Waals surface area contributed by atoms with Gasteiger partial charge in [0.25, 0.3) is 0 Å². The average molecular weight is 232 g/mol.